The highest BCUT2D eigenvalue weighted by Crippen LogP contribution is 2.35. The standard InChI is InChI=1S/C18H22N2O4/c1-12-14-7-5-6-8-15(14)16(21)19(12)20(13-9-10-23-11-13)17(22)24-18(2,3)4/h5-8,13H,1,9-11H2,2-4H3. The minimum absolute atomic E-state index is 0.255. The first-order valence-electron chi connectivity index (χ1n) is 8.02. The van der Waals surface area contributed by atoms with E-state index in [4.69, 9.17) is 9.47 Å². The van der Waals surface area contributed by atoms with Crippen molar-refractivity contribution in [2.45, 2.75) is 38.8 Å². The molecule has 1 unspecified atom stereocenters. The van der Waals surface area contributed by atoms with Gasteiger partial charge in [0.2, 0.25) is 0 Å². The van der Waals surface area contributed by atoms with Gasteiger partial charge in [0.05, 0.1) is 23.9 Å². The van der Waals surface area contributed by atoms with Crippen LogP contribution in [0.2, 0.25) is 0 Å². The lowest BCUT2D eigenvalue weighted by molar-refractivity contribution is -0.0353. The van der Waals surface area contributed by atoms with Crippen LogP contribution in [-0.2, 0) is 9.47 Å². The van der Waals surface area contributed by atoms with Gasteiger partial charge in [-0.25, -0.2) is 14.8 Å². The largest absolute Gasteiger partial charge is 0.442 e. The first-order chi connectivity index (χ1) is 11.3. The van der Waals surface area contributed by atoms with Gasteiger partial charge in [-0.2, -0.15) is 0 Å². The summed E-state index contributed by atoms with van der Waals surface area (Å²) in [5.41, 5.74) is 1.09. The second-order valence-electron chi connectivity index (χ2n) is 6.95. The van der Waals surface area contributed by atoms with E-state index in [-0.39, 0.29) is 11.9 Å². The smallest absolute Gasteiger partial charge is 0.430 e. The van der Waals surface area contributed by atoms with Gasteiger partial charge in [-0.3, -0.25) is 4.79 Å². The van der Waals surface area contributed by atoms with Crippen molar-refractivity contribution in [2.24, 2.45) is 0 Å². The zero-order valence-corrected chi connectivity index (χ0v) is 14.2. The third-order valence-corrected chi connectivity index (χ3v) is 3.96. The first kappa shape index (κ1) is 16.5. The molecule has 1 saturated heterocycles. The summed E-state index contributed by atoms with van der Waals surface area (Å²) in [6, 6.07) is 6.95. The summed E-state index contributed by atoms with van der Waals surface area (Å²) in [6.45, 7) is 10.3. The Morgan fingerprint density at radius 1 is 1.33 bits per heavy atom. The fraction of sp³-hybridized carbons (Fsp3) is 0.444. The van der Waals surface area contributed by atoms with Gasteiger partial charge in [-0.1, -0.05) is 24.8 Å². The van der Waals surface area contributed by atoms with Crippen molar-refractivity contribution in [3.8, 4) is 0 Å². The Morgan fingerprint density at radius 3 is 2.54 bits per heavy atom. The summed E-state index contributed by atoms with van der Waals surface area (Å²) in [6.07, 6.45) is 0.0763. The lowest BCUT2D eigenvalue weighted by Gasteiger charge is -2.37. The van der Waals surface area contributed by atoms with Crippen molar-refractivity contribution in [1.29, 1.82) is 0 Å². The number of carbonyl (C=O) groups is 2. The average Bonchev–Trinajstić information content (AvgIpc) is 3.10. The molecule has 1 atom stereocenters. The second kappa shape index (κ2) is 5.94. The molecule has 1 fully saturated rings. The van der Waals surface area contributed by atoms with Crippen LogP contribution in [0.5, 0.6) is 0 Å². The SMILES string of the molecule is C=C1c2ccccc2C(=O)N1N(C(=O)OC(C)(C)C)C1CCOC1. The van der Waals surface area contributed by atoms with Gasteiger partial charge in [-0.05, 0) is 33.3 Å². The molecule has 1 aromatic carbocycles. The molecule has 6 heteroatoms. The molecule has 24 heavy (non-hydrogen) atoms. The fourth-order valence-corrected chi connectivity index (χ4v) is 2.92. The maximum absolute atomic E-state index is 12.9. The molecule has 3 rings (SSSR count). The second-order valence-corrected chi connectivity index (χ2v) is 6.95. The molecule has 0 saturated carbocycles. The number of hydrogen-bond acceptors (Lipinski definition) is 4. The lowest BCUT2D eigenvalue weighted by atomic mass is 10.1. The van der Waals surface area contributed by atoms with Crippen molar-refractivity contribution < 1.29 is 19.1 Å². The first-order valence-corrected chi connectivity index (χ1v) is 8.02. The molecule has 0 N–H and O–H groups in total. The van der Waals surface area contributed by atoms with Crippen LogP contribution in [0.25, 0.3) is 5.70 Å². The topological polar surface area (TPSA) is 59.1 Å². The molecule has 2 aliphatic heterocycles. The van der Waals surface area contributed by atoms with E-state index in [1.807, 2.05) is 12.1 Å². The predicted molar refractivity (Wildman–Crippen MR) is 88.9 cm³/mol. The minimum Gasteiger partial charge on any atom is -0.442 e. The summed E-state index contributed by atoms with van der Waals surface area (Å²) in [5.74, 6) is -0.270. The minimum atomic E-state index is -0.661. The van der Waals surface area contributed by atoms with Crippen LogP contribution < -0.4 is 0 Å². The summed E-state index contributed by atoms with van der Waals surface area (Å²) in [7, 11) is 0. The van der Waals surface area contributed by atoms with Crippen molar-refractivity contribution in [3.63, 3.8) is 0 Å². The van der Waals surface area contributed by atoms with Crippen LogP contribution in [0.1, 0.15) is 43.1 Å². The van der Waals surface area contributed by atoms with Crippen LogP contribution in [0.15, 0.2) is 30.8 Å². The van der Waals surface area contributed by atoms with Crippen molar-refractivity contribution >= 4 is 17.7 Å². The summed E-state index contributed by atoms with van der Waals surface area (Å²) in [4.78, 5) is 25.6. The summed E-state index contributed by atoms with van der Waals surface area (Å²) in [5, 5.41) is 2.70. The van der Waals surface area contributed by atoms with E-state index >= 15 is 0 Å². The Bertz CT molecular complexity index is 652. The molecule has 0 radical (unpaired) electrons. The fourth-order valence-electron chi connectivity index (χ4n) is 2.92. The molecule has 1 aromatic rings. The maximum atomic E-state index is 12.9. The molecule has 0 bridgehead atoms. The number of hydrazine groups is 1. The van der Waals surface area contributed by atoms with E-state index in [1.165, 1.54) is 10.0 Å². The van der Waals surface area contributed by atoms with Crippen LogP contribution in [0.4, 0.5) is 4.79 Å². The third kappa shape index (κ3) is 2.89. The molecule has 0 aromatic heterocycles. The van der Waals surface area contributed by atoms with E-state index in [0.717, 1.165) is 5.56 Å². The Labute approximate surface area is 141 Å². The van der Waals surface area contributed by atoms with Crippen LogP contribution >= 0.6 is 0 Å². The van der Waals surface area contributed by atoms with Crippen molar-refractivity contribution in [1.82, 2.24) is 10.0 Å². The number of ether oxygens (including phenoxy) is 2. The number of rotatable bonds is 2. The normalized spacial score (nSPS) is 20.3. The Hall–Kier alpha value is -2.34. The van der Waals surface area contributed by atoms with Gasteiger partial charge in [0, 0.05) is 12.2 Å². The molecule has 0 aliphatic carbocycles. The highest BCUT2D eigenvalue weighted by atomic mass is 16.6. The molecule has 2 aliphatic rings. The average molecular weight is 330 g/mol. The Morgan fingerprint density at radius 2 is 2.00 bits per heavy atom. The molecular formula is C18H22N2O4. The van der Waals surface area contributed by atoms with Gasteiger partial charge in [-0.15, -0.1) is 0 Å². The molecule has 6 nitrogen and oxygen atoms in total. The molecule has 0 spiro atoms. The molecular weight excluding hydrogens is 308 g/mol. The van der Waals surface area contributed by atoms with Gasteiger partial charge >= 0.3 is 6.09 Å². The predicted octanol–water partition coefficient (Wildman–Crippen LogP) is 3.05. The number of carbonyl (C=O) groups excluding carboxylic acids is 2. The Balaban J connectivity index is 1.96. The van der Waals surface area contributed by atoms with Crippen molar-refractivity contribution in [2.75, 3.05) is 13.2 Å². The van der Waals surface area contributed by atoms with E-state index < -0.39 is 11.7 Å². The van der Waals surface area contributed by atoms with E-state index in [0.29, 0.717) is 30.9 Å². The quantitative estimate of drug-likeness (QED) is 0.836. The summed E-state index contributed by atoms with van der Waals surface area (Å²) >= 11 is 0. The van der Waals surface area contributed by atoms with Crippen LogP contribution in [0.3, 0.4) is 0 Å². The highest BCUT2D eigenvalue weighted by molar-refractivity contribution is 6.09. The zero-order valence-electron chi connectivity index (χ0n) is 14.2. The third-order valence-electron chi connectivity index (χ3n) is 3.96. The van der Waals surface area contributed by atoms with Gasteiger partial charge in [0.15, 0.2) is 0 Å². The number of benzene rings is 1. The highest BCUT2D eigenvalue weighted by Gasteiger charge is 2.43. The van der Waals surface area contributed by atoms with Gasteiger partial charge < -0.3 is 9.47 Å². The molecule has 128 valence electrons. The van der Waals surface area contributed by atoms with Crippen LogP contribution in [0, 0.1) is 0 Å². The molecule has 2 amide bonds. The number of amides is 2. The van der Waals surface area contributed by atoms with E-state index in [2.05, 4.69) is 6.58 Å². The number of hydrogen-bond donors (Lipinski definition) is 0. The van der Waals surface area contributed by atoms with Gasteiger partial charge in [0.1, 0.15) is 5.60 Å². The van der Waals surface area contributed by atoms with Crippen LogP contribution in [-0.4, -0.2) is 46.9 Å². The molecule has 2 heterocycles. The number of fused-ring (bicyclic) bond motifs is 1. The zero-order chi connectivity index (χ0) is 17.5. The monoisotopic (exact) mass is 330 g/mol. The van der Waals surface area contributed by atoms with Crippen molar-refractivity contribution in [3.05, 3.63) is 42.0 Å². The lowest BCUT2D eigenvalue weighted by Crippen LogP contribution is -2.53. The maximum Gasteiger partial charge on any atom is 0.430 e. The van der Waals surface area contributed by atoms with Gasteiger partial charge in [0.25, 0.3) is 5.91 Å². The Kier molecular flexibility index (Phi) is 4.09. The summed E-state index contributed by atoms with van der Waals surface area (Å²) < 4.78 is 10.9. The number of nitrogens with zero attached hydrogens (tertiary/aromatic N) is 2. The van der Waals surface area contributed by atoms with E-state index in [1.54, 1.807) is 32.9 Å². The van der Waals surface area contributed by atoms with E-state index in [9.17, 15) is 9.59 Å².